The summed E-state index contributed by atoms with van der Waals surface area (Å²) in [7, 11) is 0. The van der Waals surface area contributed by atoms with Crippen LogP contribution in [0.1, 0.15) is 60.1 Å². The smallest absolute Gasteiger partial charge is 0.0963 e. The number of thioether (sulfide) groups is 1. The van der Waals surface area contributed by atoms with Crippen LogP contribution < -0.4 is 0 Å². The molecule has 1 nitrogen and oxygen atoms in total. The molecule has 0 aliphatic carbocycles. The lowest BCUT2D eigenvalue weighted by Crippen LogP contribution is -2.18. The first-order valence-electron chi connectivity index (χ1n) is 6.91. The summed E-state index contributed by atoms with van der Waals surface area (Å²) in [6.07, 6.45) is 2.33. The van der Waals surface area contributed by atoms with Crippen LogP contribution in [0.15, 0.2) is 23.2 Å². The summed E-state index contributed by atoms with van der Waals surface area (Å²) < 4.78 is 0. The summed E-state index contributed by atoms with van der Waals surface area (Å²) >= 11 is 1.88. The van der Waals surface area contributed by atoms with Crippen molar-refractivity contribution in [2.45, 2.75) is 64.8 Å². The molecular weight excluding hydrogens is 238 g/mol. The Hall–Kier alpha value is -0.500. The molecule has 0 spiro atoms. The van der Waals surface area contributed by atoms with E-state index in [9.17, 15) is 0 Å². The fourth-order valence-corrected chi connectivity index (χ4v) is 2.51. The van der Waals surface area contributed by atoms with Gasteiger partial charge in [-0.2, -0.15) is 0 Å². The second-order valence-corrected chi connectivity index (χ2v) is 7.40. The van der Waals surface area contributed by atoms with Crippen molar-refractivity contribution < 1.29 is 0 Å². The van der Waals surface area contributed by atoms with E-state index in [4.69, 9.17) is 4.98 Å². The lowest BCUT2D eigenvalue weighted by atomic mass is 9.86. The van der Waals surface area contributed by atoms with Crippen molar-refractivity contribution in [3.05, 3.63) is 23.9 Å². The van der Waals surface area contributed by atoms with Crippen LogP contribution in [-0.4, -0.2) is 10.7 Å². The third kappa shape index (κ3) is 4.31. The van der Waals surface area contributed by atoms with Gasteiger partial charge < -0.3 is 0 Å². The Morgan fingerprint density at radius 2 is 1.72 bits per heavy atom. The number of hydrogen-bond acceptors (Lipinski definition) is 2. The van der Waals surface area contributed by atoms with Gasteiger partial charge in [0.15, 0.2) is 0 Å². The molecule has 0 N–H and O–H groups in total. The SMILES string of the molecule is CCC(C)(C)CSc1cccc(C(C)(C)CC)n1. The molecule has 2 heteroatoms. The van der Waals surface area contributed by atoms with Gasteiger partial charge in [0.1, 0.15) is 0 Å². The van der Waals surface area contributed by atoms with E-state index in [0.29, 0.717) is 5.41 Å². The lowest BCUT2D eigenvalue weighted by molar-refractivity contribution is 0.407. The Labute approximate surface area is 117 Å². The van der Waals surface area contributed by atoms with Gasteiger partial charge >= 0.3 is 0 Å². The molecule has 0 aliphatic rings. The maximum absolute atomic E-state index is 4.82. The fraction of sp³-hybridized carbons (Fsp3) is 0.688. The zero-order valence-electron chi connectivity index (χ0n) is 12.7. The Morgan fingerprint density at radius 3 is 2.28 bits per heavy atom. The Kier molecular flexibility index (Phi) is 5.27. The second-order valence-electron chi connectivity index (χ2n) is 6.40. The number of aromatic nitrogens is 1. The van der Waals surface area contributed by atoms with Crippen molar-refractivity contribution in [2.75, 3.05) is 5.75 Å². The number of pyridine rings is 1. The van der Waals surface area contributed by atoms with E-state index in [0.717, 1.165) is 17.2 Å². The van der Waals surface area contributed by atoms with Gasteiger partial charge in [-0.15, -0.1) is 11.8 Å². The molecule has 0 atom stereocenters. The van der Waals surface area contributed by atoms with Gasteiger partial charge in [0, 0.05) is 16.9 Å². The molecule has 0 aromatic carbocycles. The van der Waals surface area contributed by atoms with Crippen LogP contribution in [0.5, 0.6) is 0 Å². The van der Waals surface area contributed by atoms with Crippen molar-refractivity contribution in [1.29, 1.82) is 0 Å². The van der Waals surface area contributed by atoms with Gasteiger partial charge in [-0.3, -0.25) is 0 Å². The van der Waals surface area contributed by atoms with Gasteiger partial charge in [-0.05, 0) is 24.0 Å². The van der Waals surface area contributed by atoms with Gasteiger partial charge in [0.05, 0.1) is 5.03 Å². The molecule has 0 amide bonds. The molecule has 102 valence electrons. The molecule has 0 unspecified atom stereocenters. The van der Waals surface area contributed by atoms with Gasteiger partial charge in [0.2, 0.25) is 0 Å². The highest BCUT2D eigenvalue weighted by Gasteiger charge is 2.20. The van der Waals surface area contributed by atoms with E-state index in [2.05, 4.69) is 59.7 Å². The molecule has 0 bridgehead atoms. The molecule has 0 fully saturated rings. The van der Waals surface area contributed by atoms with Crippen molar-refractivity contribution in [3.8, 4) is 0 Å². The highest BCUT2D eigenvalue weighted by Crippen LogP contribution is 2.31. The van der Waals surface area contributed by atoms with Crippen LogP contribution in [0.4, 0.5) is 0 Å². The molecule has 0 saturated carbocycles. The van der Waals surface area contributed by atoms with E-state index < -0.39 is 0 Å². The van der Waals surface area contributed by atoms with Crippen LogP contribution in [0, 0.1) is 5.41 Å². The number of hydrogen-bond donors (Lipinski definition) is 0. The summed E-state index contributed by atoms with van der Waals surface area (Å²) in [5.41, 5.74) is 1.78. The molecule has 0 radical (unpaired) electrons. The minimum Gasteiger partial charge on any atom is -0.246 e. The first-order valence-corrected chi connectivity index (χ1v) is 7.89. The third-order valence-electron chi connectivity index (χ3n) is 3.87. The zero-order chi connectivity index (χ0) is 13.8. The topological polar surface area (TPSA) is 12.9 Å². The predicted octanol–water partition coefficient (Wildman–Crippen LogP) is 5.30. The first-order chi connectivity index (χ1) is 8.30. The molecule has 0 saturated heterocycles. The fourth-order valence-electron chi connectivity index (χ4n) is 1.42. The van der Waals surface area contributed by atoms with Crippen LogP contribution in [0.3, 0.4) is 0 Å². The van der Waals surface area contributed by atoms with Gasteiger partial charge in [0.25, 0.3) is 0 Å². The van der Waals surface area contributed by atoms with Crippen LogP contribution in [-0.2, 0) is 5.41 Å². The standard InChI is InChI=1S/C16H27NS/c1-7-15(3,4)12-18-14-11-9-10-13(17-14)16(5,6)8-2/h9-11H,7-8,12H2,1-6H3. The Bertz CT molecular complexity index is 382. The summed E-state index contributed by atoms with van der Waals surface area (Å²) in [4.78, 5) is 4.82. The second kappa shape index (κ2) is 6.10. The summed E-state index contributed by atoms with van der Waals surface area (Å²) in [5, 5.41) is 1.16. The first kappa shape index (κ1) is 15.6. The molecule has 1 heterocycles. The average Bonchev–Trinajstić information content (AvgIpc) is 2.37. The van der Waals surface area contributed by atoms with Crippen molar-refractivity contribution in [1.82, 2.24) is 4.98 Å². The molecule has 1 rings (SSSR count). The van der Waals surface area contributed by atoms with E-state index in [-0.39, 0.29) is 5.41 Å². The van der Waals surface area contributed by atoms with Gasteiger partial charge in [-0.25, -0.2) is 4.98 Å². The number of nitrogens with zero attached hydrogens (tertiary/aromatic N) is 1. The Morgan fingerprint density at radius 1 is 1.06 bits per heavy atom. The van der Waals surface area contributed by atoms with Crippen LogP contribution in [0.25, 0.3) is 0 Å². The van der Waals surface area contributed by atoms with E-state index in [1.165, 1.54) is 12.1 Å². The van der Waals surface area contributed by atoms with Crippen molar-refractivity contribution in [3.63, 3.8) is 0 Å². The minimum atomic E-state index is 0.177. The van der Waals surface area contributed by atoms with Crippen LogP contribution in [0.2, 0.25) is 0 Å². The normalized spacial score (nSPS) is 12.8. The molecular formula is C16H27NS. The third-order valence-corrected chi connectivity index (χ3v) is 5.32. The van der Waals surface area contributed by atoms with Crippen molar-refractivity contribution in [2.24, 2.45) is 5.41 Å². The molecule has 1 aromatic heterocycles. The average molecular weight is 265 g/mol. The highest BCUT2D eigenvalue weighted by molar-refractivity contribution is 7.99. The summed E-state index contributed by atoms with van der Waals surface area (Å²) in [6.45, 7) is 13.6. The minimum absolute atomic E-state index is 0.177. The molecule has 1 aromatic rings. The predicted molar refractivity (Wildman–Crippen MR) is 82.4 cm³/mol. The lowest BCUT2D eigenvalue weighted by Gasteiger charge is -2.24. The maximum Gasteiger partial charge on any atom is 0.0963 e. The number of rotatable bonds is 6. The van der Waals surface area contributed by atoms with E-state index in [1.54, 1.807) is 0 Å². The summed E-state index contributed by atoms with van der Waals surface area (Å²) in [5.74, 6) is 1.13. The van der Waals surface area contributed by atoms with Crippen molar-refractivity contribution >= 4 is 11.8 Å². The molecule has 18 heavy (non-hydrogen) atoms. The van der Waals surface area contributed by atoms with Crippen LogP contribution >= 0.6 is 11.8 Å². The Balaban J connectivity index is 2.78. The summed E-state index contributed by atoms with van der Waals surface area (Å²) in [6, 6.07) is 6.42. The largest absolute Gasteiger partial charge is 0.246 e. The zero-order valence-corrected chi connectivity index (χ0v) is 13.5. The monoisotopic (exact) mass is 265 g/mol. The van der Waals surface area contributed by atoms with Gasteiger partial charge in [-0.1, -0.05) is 54.0 Å². The maximum atomic E-state index is 4.82. The van der Waals surface area contributed by atoms with E-state index in [1.807, 2.05) is 11.8 Å². The highest BCUT2D eigenvalue weighted by atomic mass is 32.2. The quantitative estimate of drug-likeness (QED) is 0.648. The van der Waals surface area contributed by atoms with E-state index >= 15 is 0 Å². The molecule has 0 aliphatic heterocycles.